The quantitative estimate of drug-likeness (QED) is 0.325. The fourth-order valence-corrected chi connectivity index (χ4v) is 5.51. The highest BCUT2D eigenvalue weighted by molar-refractivity contribution is 6.04. The van der Waals surface area contributed by atoms with Crippen molar-refractivity contribution in [2.24, 2.45) is 33.2 Å². The normalized spacial score (nSPS) is 16.7. The van der Waals surface area contributed by atoms with E-state index >= 15 is 0 Å². The summed E-state index contributed by atoms with van der Waals surface area (Å²) in [4.78, 5) is 74.9. The second kappa shape index (κ2) is 9.12. The summed E-state index contributed by atoms with van der Waals surface area (Å²) in [6.07, 6.45) is 0.224. The third-order valence-electron chi connectivity index (χ3n) is 7.79. The maximum atomic E-state index is 13.1. The first-order valence-electron chi connectivity index (χ1n) is 13.2. The third-order valence-corrected chi connectivity index (χ3v) is 7.79. The molecule has 0 spiro atoms. The van der Waals surface area contributed by atoms with Crippen LogP contribution in [0.15, 0.2) is 48.4 Å². The van der Waals surface area contributed by atoms with E-state index < -0.39 is 28.0 Å². The fraction of sp³-hybridized carbons (Fsp3) is 0.321. The number of fused-ring (bicyclic) bond motifs is 3. The van der Waals surface area contributed by atoms with E-state index in [0.717, 1.165) is 14.8 Å². The van der Waals surface area contributed by atoms with E-state index in [0.29, 0.717) is 34.2 Å². The Morgan fingerprint density at radius 2 is 1.29 bits per heavy atom. The predicted molar refractivity (Wildman–Crippen MR) is 158 cm³/mol. The van der Waals surface area contributed by atoms with Crippen molar-refractivity contribution in [3.05, 3.63) is 88.7 Å². The van der Waals surface area contributed by atoms with Crippen LogP contribution in [0.1, 0.15) is 36.1 Å². The van der Waals surface area contributed by atoms with Crippen LogP contribution in [-0.4, -0.2) is 43.9 Å². The Morgan fingerprint density at radius 1 is 0.738 bits per heavy atom. The van der Waals surface area contributed by atoms with Crippen LogP contribution in [0.4, 0.5) is 11.4 Å². The second-order valence-corrected chi connectivity index (χ2v) is 10.8. The number of aromatic nitrogens is 8. The molecule has 5 heterocycles. The topological polar surface area (TPSA) is 164 Å². The van der Waals surface area contributed by atoms with Crippen molar-refractivity contribution < 1.29 is 0 Å². The molecule has 0 unspecified atom stereocenters. The monoisotopic (exact) mass is 568 g/mol. The molecule has 42 heavy (non-hydrogen) atoms. The highest BCUT2D eigenvalue weighted by Crippen LogP contribution is 2.39. The van der Waals surface area contributed by atoms with Gasteiger partial charge in [-0.1, -0.05) is 12.1 Å². The van der Waals surface area contributed by atoms with Gasteiger partial charge in [-0.15, -0.1) is 0 Å². The van der Waals surface area contributed by atoms with Gasteiger partial charge >= 0.3 is 11.4 Å². The van der Waals surface area contributed by atoms with Crippen LogP contribution in [-0.2, 0) is 33.7 Å². The van der Waals surface area contributed by atoms with Gasteiger partial charge in [0.05, 0.1) is 39.7 Å². The lowest BCUT2D eigenvalue weighted by molar-refractivity contribution is 0.544. The number of nitrogens with one attached hydrogen (secondary N) is 1. The van der Waals surface area contributed by atoms with Crippen LogP contribution in [0.25, 0.3) is 22.3 Å². The summed E-state index contributed by atoms with van der Waals surface area (Å²) >= 11 is 0. The number of para-hydroxylation sites is 2. The number of hydrogen-bond donors (Lipinski definition) is 1. The first kappa shape index (κ1) is 26.9. The Morgan fingerprint density at radius 3 is 1.90 bits per heavy atom. The Labute approximate surface area is 237 Å². The van der Waals surface area contributed by atoms with Gasteiger partial charge in [0.1, 0.15) is 5.69 Å². The smallest absolute Gasteiger partial charge is 0.332 e. The van der Waals surface area contributed by atoms with E-state index in [2.05, 4.69) is 15.3 Å². The first-order chi connectivity index (χ1) is 19.8. The number of nitrogens with zero attached hydrogens (tertiary/aromatic N) is 9. The standard InChI is InChI=1S/C28H28N10O4/c1-13-18(32-19-22(29-13)35(4)26(41)37(6)24(19)39)17-12-28(3,34-16-11-9-8-10-15(16)31-17)21-14(2)30-23-20(33-21)25(40)38(7)27(42)36(23)5/h8-11,34H,12H2,1-7H3/t28-/m0/s1. The Hall–Kier alpha value is -5.27. The molecule has 1 aliphatic rings. The molecule has 5 aromatic rings. The summed E-state index contributed by atoms with van der Waals surface area (Å²) in [5.41, 5.74) is 1.16. The van der Waals surface area contributed by atoms with Crippen LogP contribution in [0.3, 0.4) is 0 Å². The molecule has 0 fully saturated rings. The molecule has 0 aliphatic carbocycles. The van der Waals surface area contributed by atoms with E-state index in [1.165, 1.54) is 23.2 Å². The molecule has 0 saturated heterocycles. The minimum atomic E-state index is -0.964. The van der Waals surface area contributed by atoms with Crippen molar-refractivity contribution in [1.29, 1.82) is 0 Å². The molecular formula is C28H28N10O4. The summed E-state index contributed by atoms with van der Waals surface area (Å²) in [6, 6.07) is 7.48. The van der Waals surface area contributed by atoms with E-state index in [1.807, 2.05) is 31.2 Å². The second-order valence-electron chi connectivity index (χ2n) is 10.8. The van der Waals surface area contributed by atoms with Crippen molar-refractivity contribution in [3.63, 3.8) is 0 Å². The highest BCUT2D eigenvalue weighted by atomic mass is 16.2. The summed E-state index contributed by atoms with van der Waals surface area (Å²) < 4.78 is 4.59. The van der Waals surface area contributed by atoms with Gasteiger partial charge in [0.2, 0.25) is 0 Å². The number of benzene rings is 1. The van der Waals surface area contributed by atoms with Crippen molar-refractivity contribution in [1.82, 2.24) is 38.2 Å². The number of aliphatic imine (C=N–C) groups is 1. The maximum absolute atomic E-state index is 13.1. The molecule has 214 valence electrons. The molecule has 1 aliphatic heterocycles. The van der Waals surface area contributed by atoms with Crippen molar-refractivity contribution >= 4 is 39.4 Å². The van der Waals surface area contributed by atoms with Crippen molar-refractivity contribution in [3.8, 4) is 0 Å². The van der Waals surface area contributed by atoms with Crippen LogP contribution in [0.5, 0.6) is 0 Å². The SMILES string of the molecule is Cc1nc2c(nc1C1=Nc3ccccc3N[C@](C)(c3nc4c(=O)n(C)c(=O)n(C)c4nc3C)C1)c(=O)n(C)c(=O)n2C. The Balaban J connectivity index is 1.62. The molecule has 0 amide bonds. The number of anilines is 1. The average Bonchev–Trinajstić information content (AvgIpc) is 3.12. The van der Waals surface area contributed by atoms with Crippen molar-refractivity contribution in [2.45, 2.75) is 32.7 Å². The Bertz CT molecular complexity index is 2270. The van der Waals surface area contributed by atoms with Gasteiger partial charge in [0.25, 0.3) is 11.1 Å². The van der Waals surface area contributed by atoms with E-state index in [9.17, 15) is 19.2 Å². The molecule has 1 atom stereocenters. The van der Waals surface area contributed by atoms with E-state index in [4.69, 9.17) is 15.0 Å². The van der Waals surface area contributed by atoms with Gasteiger partial charge in [0.15, 0.2) is 22.3 Å². The summed E-state index contributed by atoms with van der Waals surface area (Å²) in [6.45, 7) is 5.45. The molecular weight excluding hydrogens is 540 g/mol. The number of aryl methyl sites for hydroxylation is 4. The first-order valence-corrected chi connectivity index (χ1v) is 13.2. The third kappa shape index (κ3) is 3.82. The molecule has 4 aromatic heterocycles. The van der Waals surface area contributed by atoms with Gasteiger partial charge in [-0.25, -0.2) is 34.5 Å². The van der Waals surface area contributed by atoms with Crippen LogP contribution in [0, 0.1) is 13.8 Å². The van der Waals surface area contributed by atoms with Gasteiger partial charge in [-0.05, 0) is 32.9 Å². The van der Waals surface area contributed by atoms with Crippen LogP contribution >= 0.6 is 0 Å². The molecule has 14 nitrogen and oxygen atoms in total. The average molecular weight is 569 g/mol. The predicted octanol–water partition coefficient (Wildman–Crippen LogP) is 0.836. The summed E-state index contributed by atoms with van der Waals surface area (Å²) in [5, 5.41) is 3.56. The lowest BCUT2D eigenvalue weighted by atomic mass is 9.88. The molecule has 1 aromatic carbocycles. The zero-order chi connectivity index (χ0) is 30.2. The summed E-state index contributed by atoms with van der Waals surface area (Å²) in [7, 11) is 5.89. The highest BCUT2D eigenvalue weighted by Gasteiger charge is 2.37. The zero-order valence-electron chi connectivity index (χ0n) is 24.2. The molecule has 0 bridgehead atoms. The largest absolute Gasteiger partial charge is 0.372 e. The lowest BCUT2D eigenvalue weighted by Gasteiger charge is -2.31. The van der Waals surface area contributed by atoms with Crippen LogP contribution in [0.2, 0.25) is 0 Å². The number of hydrogen-bond acceptors (Lipinski definition) is 10. The lowest BCUT2D eigenvalue weighted by Crippen LogP contribution is -2.40. The fourth-order valence-electron chi connectivity index (χ4n) is 5.51. The van der Waals surface area contributed by atoms with E-state index in [-0.39, 0.29) is 28.7 Å². The van der Waals surface area contributed by atoms with Crippen molar-refractivity contribution in [2.75, 3.05) is 5.32 Å². The summed E-state index contributed by atoms with van der Waals surface area (Å²) in [5.74, 6) is 0. The van der Waals surface area contributed by atoms with Crippen LogP contribution < -0.4 is 27.8 Å². The van der Waals surface area contributed by atoms with Gasteiger partial charge in [-0.2, -0.15) is 0 Å². The minimum absolute atomic E-state index is 0.0428. The maximum Gasteiger partial charge on any atom is 0.332 e. The van der Waals surface area contributed by atoms with E-state index in [1.54, 1.807) is 27.9 Å². The van der Waals surface area contributed by atoms with Gasteiger partial charge in [0, 0.05) is 34.6 Å². The van der Waals surface area contributed by atoms with Gasteiger partial charge in [-0.3, -0.25) is 27.9 Å². The van der Waals surface area contributed by atoms with Gasteiger partial charge < -0.3 is 5.32 Å². The molecule has 0 radical (unpaired) electrons. The molecule has 6 rings (SSSR count). The molecule has 1 N–H and O–H groups in total. The minimum Gasteiger partial charge on any atom is -0.372 e. The molecule has 14 heteroatoms. The number of rotatable bonds is 2. The zero-order valence-corrected chi connectivity index (χ0v) is 24.2. The molecule has 0 saturated carbocycles. The Kier molecular flexibility index (Phi) is 5.85.